The maximum absolute atomic E-state index is 13.1. The summed E-state index contributed by atoms with van der Waals surface area (Å²) in [4.78, 5) is 12.7. The third kappa shape index (κ3) is 3.90. The standard InChI is InChI=1S/C19H18ClF3N6O2S/c20-18-25-16(28-10-14(11-28)27-4-6-32(30,31)7-5-27)15-9-24-29(17(15)26-18)13-3-1-2-12(8-13)19(21,22)23/h1-3,8-9,14H,4-7,10-11H2. The van der Waals surface area contributed by atoms with Gasteiger partial charge in [-0.2, -0.15) is 28.2 Å². The summed E-state index contributed by atoms with van der Waals surface area (Å²) in [5.41, 5.74) is -0.258. The van der Waals surface area contributed by atoms with Crippen molar-refractivity contribution < 1.29 is 21.6 Å². The second kappa shape index (κ2) is 7.56. The smallest absolute Gasteiger partial charge is 0.353 e. The largest absolute Gasteiger partial charge is 0.416 e. The SMILES string of the molecule is O=S1(=O)CCN(C2CN(c3nc(Cl)nc4c3cnn4-c3cccc(C(F)(F)F)c3)C2)CC1. The van der Waals surface area contributed by atoms with E-state index in [4.69, 9.17) is 11.6 Å². The Labute approximate surface area is 186 Å². The van der Waals surface area contributed by atoms with E-state index in [1.165, 1.54) is 23.0 Å². The van der Waals surface area contributed by atoms with Crippen LogP contribution in [0, 0.1) is 0 Å². The Morgan fingerprint density at radius 3 is 2.50 bits per heavy atom. The van der Waals surface area contributed by atoms with Crippen LogP contribution in [0.5, 0.6) is 0 Å². The van der Waals surface area contributed by atoms with Crippen LogP contribution in [0.15, 0.2) is 30.5 Å². The number of aromatic nitrogens is 4. The van der Waals surface area contributed by atoms with Crippen LogP contribution in [0.4, 0.5) is 19.0 Å². The van der Waals surface area contributed by atoms with Crippen LogP contribution < -0.4 is 4.90 Å². The molecular formula is C19H18ClF3N6O2S. The van der Waals surface area contributed by atoms with E-state index in [0.29, 0.717) is 43.0 Å². The van der Waals surface area contributed by atoms with Crippen LogP contribution in [0.3, 0.4) is 0 Å². The number of anilines is 1. The Balaban J connectivity index is 1.42. The van der Waals surface area contributed by atoms with Gasteiger partial charge in [-0.15, -0.1) is 0 Å². The van der Waals surface area contributed by atoms with Gasteiger partial charge < -0.3 is 4.90 Å². The number of benzene rings is 1. The molecular weight excluding hydrogens is 469 g/mol. The highest BCUT2D eigenvalue weighted by Gasteiger charge is 2.37. The topological polar surface area (TPSA) is 84.2 Å². The molecule has 1 aromatic carbocycles. The van der Waals surface area contributed by atoms with Gasteiger partial charge in [0.2, 0.25) is 5.28 Å². The molecule has 2 aromatic heterocycles. The third-order valence-corrected chi connectivity index (χ3v) is 7.63. The monoisotopic (exact) mass is 486 g/mol. The summed E-state index contributed by atoms with van der Waals surface area (Å²) in [6, 6.07) is 5.03. The van der Waals surface area contributed by atoms with E-state index in [1.807, 2.05) is 4.90 Å². The molecule has 0 radical (unpaired) electrons. The van der Waals surface area contributed by atoms with E-state index in [9.17, 15) is 21.6 Å². The lowest BCUT2D eigenvalue weighted by Crippen LogP contribution is -2.62. The summed E-state index contributed by atoms with van der Waals surface area (Å²) >= 11 is 6.14. The predicted molar refractivity (Wildman–Crippen MR) is 113 cm³/mol. The van der Waals surface area contributed by atoms with Gasteiger partial charge >= 0.3 is 6.18 Å². The lowest BCUT2D eigenvalue weighted by molar-refractivity contribution is -0.137. The zero-order valence-corrected chi connectivity index (χ0v) is 18.2. The van der Waals surface area contributed by atoms with E-state index in [1.54, 1.807) is 0 Å². The molecule has 0 bridgehead atoms. The molecule has 0 spiro atoms. The molecule has 32 heavy (non-hydrogen) atoms. The van der Waals surface area contributed by atoms with Crippen molar-refractivity contribution in [1.82, 2.24) is 24.6 Å². The zero-order chi connectivity index (χ0) is 22.7. The van der Waals surface area contributed by atoms with Crippen molar-refractivity contribution >= 4 is 38.3 Å². The van der Waals surface area contributed by atoms with E-state index in [-0.39, 0.29) is 28.5 Å². The Kier molecular flexibility index (Phi) is 5.06. The quantitative estimate of drug-likeness (QED) is 0.526. The second-order valence-corrected chi connectivity index (χ2v) is 10.5. The molecule has 2 saturated heterocycles. The van der Waals surface area contributed by atoms with E-state index in [2.05, 4.69) is 20.0 Å². The van der Waals surface area contributed by atoms with Gasteiger partial charge in [0.15, 0.2) is 15.5 Å². The molecule has 4 heterocycles. The number of alkyl halides is 3. The Morgan fingerprint density at radius 2 is 1.81 bits per heavy atom. The number of nitrogens with zero attached hydrogens (tertiary/aromatic N) is 6. The summed E-state index contributed by atoms with van der Waals surface area (Å²) in [7, 11) is -2.94. The Morgan fingerprint density at radius 1 is 1.09 bits per heavy atom. The predicted octanol–water partition coefficient (Wildman–Crippen LogP) is 2.41. The van der Waals surface area contributed by atoms with Crippen molar-refractivity contribution in [3.8, 4) is 5.69 Å². The van der Waals surface area contributed by atoms with Crippen molar-refractivity contribution in [2.45, 2.75) is 12.2 Å². The first-order chi connectivity index (χ1) is 15.1. The highest BCUT2D eigenvalue weighted by molar-refractivity contribution is 7.91. The number of fused-ring (bicyclic) bond motifs is 1. The molecule has 0 aliphatic carbocycles. The molecule has 0 amide bonds. The number of rotatable bonds is 3. The lowest BCUT2D eigenvalue weighted by atomic mass is 10.1. The van der Waals surface area contributed by atoms with Gasteiger partial charge in [0, 0.05) is 32.2 Å². The molecule has 2 aliphatic rings. The molecule has 3 aromatic rings. The average Bonchev–Trinajstić information content (AvgIpc) is 3.11. The van der Waals surface area contributed by atoms with Crippen LogP contribution in [-0.2, 0) is 16.0 Å². The first-order valence-corrected chi connectivity index (χ1v) is 12.1. The summed E-state index contributed by atoms with van der Waals surface area (Å²) in [6.07, 6.45) is -2.96. The highest BCUT2D eigenvalue weighted by atomic mass is 35.5. The van der Waals surface area contributed by atoms with Crippen molar-refractivity contribution in [2.75, 3.05) is 42.6 Å². The van der Waals surface area contributed by atoms with Crippen molar-refractivity contribution in [3.05, 3.63) is 41.3 Å². The zero-order valence-electron chi connectivity index (χ0n) is 16.6. The molecule has 8 nitrogen and oxygen atoms in total. The molecule has 0 unspecified atom stereocenters. The van der Waals surface area contributed by atoms with Gasteiger partial charge in [-0.05, 0) is 29.8 Å². The van der Waals surface area contributed by atoms with Crippen LogP contribution >= 0.6 is 11.6 Å². The number of hydrogen-bond acceptors (Lipinski definition) is 7. The number of halogens is 4. The van der Waals surface area contributed by atoms with Crippen molar-refractivity contribution in [3.63, 3.8) is 0 Å². The molecule has 2 fully saturated rings. The average molecular weight is 487 g/mol. The van der Waals surface area contributed by atoms with Crippen molar-refractivity contribution in [2.24, 2.45) is 0 Å². The molecule has 0 atom stereocenters. The summed E-state index contributed by atoms with van der Waals surface area (Å²) in [5, 5.41) is 4.78. The Hall–Kier alpha value is -2.44. The first-order valence-electron chi connectivity index (χ1n) is 9.89. The highest BCUT2D eigenvalue weighted by Crippen LogP contribution is 2.33. The van der Waals surface area contributed by atoms with Gasteiger partial charge in [-0.3, -0.25) is 4.90 Å². The van der Waals surface area contributed by atoms with Crippen LogP contribution in [0.1, 0.15) is 5.56 Å². The third-order valence-electron chi connectivity index (χ3n) is 5.86. The van der Waals surface area contributed by atoms with Gasteiger partial charge in [0.05, 0.1) is 34.3 Å². The van der Waals surface area contributed by atoms with E-state index < -0.39 is 21.6 Å². The summed E-state index contributed by atoms with van der Waals surface area (Å²) in [5.74, 6) is 0.882. The van der Waals surface area contributed by atoms with Gasteiger partial charge in [0.25, 0.3) is 0 Å². The lowest BCUT2D eigenvalue weighted by Gasteiger charge is -2.47. The fourth-order valence-electron chi connectivity index (χ4n) is 4.06. The molecule has 5 rings (SSSR count). The fraction of sp³-hybridized carbons (Fsp3) is 0.421. The normalized spacial score (nSPS) is 19.9. The first kappa shape index (κ1) is 21.4. The summed E-state index contributed by atoms with van der Waals surface area (Å²) < 4.78 is 64.0. The van der Waals surface area contributed by atoms with E-state index in [0.717, 1.165) is 12.1 Å². The van der Waals surface area contributed by atoms with Crippen LogP contribution in [0.2, 0.25) is 5.28 Å². The van der Waals surface area contributed by atoms with E-state index >= 15 is 0 Å². The fourth-order valence-corrected chi connectivity index (χ4v) is 5.45. The van der Waals surface area contributed by atoms with Gasteiger partial charge in [-0.25, -0.2) is 13.1 Å². The molecule has 2 aliphatic heterocycles. The second-order valence-electron chi connectivity index (χ2n) is 7.90. The van der Waals surface area contributed by atoms with Gasteiger partial charge in [-0.1, -0.05) is 6.07 Å². The van der Waals surface area contributed by atoms with Crippen molar-refractivity contribution in [1.29, 1.82) is 0 Å². The maximum atomic E-state index is 13.1. The maximum Gasteiger partial charge on any atom is 0.416 e. The molecule has 0 N–H and O–H groups in total. The number of hydrogen-bond donors (Lipinski definition) is 0. The van der Waals surface area contributed by atoms with Crippen LogP contribution in [-0.4, -0.2) is 76.8 Å². The summed E-state index contributed by atoms with van der Waals surface area (Å²) in [6.45, 7) is 2.29. The minimum atomic E-state index is -4.48. The molecule has 170 valence electrons. The van der Waals surface area contributed by atoms with Gasteiger partial charge in [0.1, 0.15) is 5.82 Å². The molecule has 0 saturated carbocycles. The minimum absolute atomic E-state index is 0.0336. The minimum Gasteiger partial charge on any atom is -0.353 e. The Bertz CT molecular complexity index is 1280. The van der Waals surface area contributed by atoms with Crippen LogP contribution in [0.25, 0.3) is 16.7 Å². The molecule has 13 heteroatoms. The number of sulfone groups is 1.